The molecule has 0 N–H and O–H groups in total. The Morgan fingerprint density at radius 1 is 1.07 bits per heavy atom. The van der Waals surface area contributed by atoms with E-state index in [1.165, 1.54) is 0 Å². The van der Waals surface area contributed by atoms with Crippen LogP contribution >= 0.6 is 0 Å². The fourth-order valence-corrected chi connectivity index (χ4v) is 3.89. The van der Waals surface area contributed by atoms with E-state index in [0.29, 0.717) is 26.1 Å². The Kier molecular flexibility index (Phi) is 9.48. The molecule has 156 valence electrons. The third kappa shape index (κ3) is 6.62. The van der Waals surface area contributed by atoms with Gasteiger partial charge in [0.1, 0.15) is 6.61 Å². The van der Waals surface area contributed by atoms with Crippen LogP contribution in [0.4, 0.5) is 0 Å². The molecule has 0 unspecified atom stereocenters. The van der Waals surface area contributed by atoms with Gasteiger partial charge < -0.3 is 14.2 Å². The molecule has 0 aromatic heterocycles. The minimum atomic E-state index is -0.586. The van der Waals surface area contributed by atoms with Crippen molar-refractivity contribution < 1.29 is 23.8 Å². The SMILES string of the molecule is CCCCOC(=O)[C@H](CCOC)CC1(C(=O)OCc2ccccc2)CCCC1. The maximum atomic E-state index is 13.0. The van der Waals surface area contributed by atoms with Gasteiger partial charge in [0.2, 0.25) is 0 Å². The van der Waals surface area contributed by atoms with Crippen LogP contribution < -0.4 is 0 Å². The van der Waals surface area contributed by atoms with Gasteiger partial charge in [0.05, 0.1) is 17.9 Å². The summed E-state index contributed by atoms with van der Waals surface area (Å²) in [5.41, 5.74) is 0.385. The van der Waals surface area contributed by atoms with E-state index in [9.17, 15) is 9.59 Å². The summed E-state index contributed by atoms with van der Waals surface area (Å²) in [6.07, 6.45) is 6.40. The number of carbonyl (C=O) groups is 2. The lowest BCUT2D eigenvalue weighted by atomic mass is 9.76. The molecule has 1 atom stereocenters. The number of carbonyl (C=O) groups excluding carboxylic acids is 2. The molecule has 1 aliphatic rings. The molecule has 2 rings (SSSR count). The number of hydrogen-bond donors (Lipinski definition) is 0. The van der Waals surface area contributed by atoms with Crippen LogP contribution in [0.2, 0.25) is 0 Å². The lowest BCUT2D eigenvalue weighted by Gasteiger charge is -2.30. The predicted octanol–water partition coefficient (Wildman–Crippen LogP) is 4.68. The summed E-state index contributed by atoms with van der Waals surface area (Å²) in [7, 11) is 1.62. The zero-order valence-electron chi connectivity index (χ0n) is 17.3. The highest BCUT2D eigenvalue weighted by Gasteiger charge is 2.45. The second kappa shape index (κ2) is 11.8. The number of methoxy groups -OCH3 is 1. The molecule has 1 aromatic carbocycles. The van der Waals surface area contributed by atoms with Gasteiger partial charge in [-0.25, -0.2) is 0 Å². The van der Waals surface area contributed by atoms with Crippen LogP contribution in [0.3, 0.4) is 0 Å². The topological polar surface area (TPSA) is 61.8 Å². The van der Waals surface area contributed by atoms with Gasteiger partial charge in [-0.3, -0.25) is 9.59 Å². The number of rotatable bonds is 12. The van der Waals surface area contributed by atoms with Gasteiger partial charge >= 0.3 is 11.9 Å². The average Bonchev–Trinajstić information content (AvgIpc) is 3.20. The molecule has 1 aliphatic carbocycles. The molecule has 5 heteroatoms. The molecule has 0 radical (unpaired) electrons. The first-order chi connectivity index (χ1) is 13.6. The monoisotopic (exact) mass is 390 g/mol. The van der Waals surface area contributed by atoms with Crippen molar-refractivity contribution in [2.24, 2.45) is 11.3 Å². The summed E-state index contributed by atoms with van der Waals surface area (Å²) < 4.78 is 16.3. The Hall–Kier alpha value is -1.88. The molecule has 5 nitrogen and oxygen atoms in total. The number of unbranched alkanes of at least 4 members (excludes halogenated alkanes) is 1. The molecule has 0 saturated heterocycles. The van der Waals surface area contributed by atoms with Gasteiger partial charge in [-0.2, -0.15) is 0 Å². The smallest absolute Gasteiger partial charge is 0.312 e. The van der Waals surface area contributed by atoms with Crippen molar-refractivity contribution in [2.75, 3.05) is 20.3 Å². The van der Waals surface area contributed by atoms with Crippen LogP contribution in [0.15, 0.2) is 30.3 Å². The summed E-state index contributed by atoms with van der Waals surface area (Å²) in [5.74, 6) is -0.732. The maximum Gasteiger partial charge on any atom is 0.312 e. The van der Waals surface area contributed by atoms with Gasteiger partial charge in [-0.05, 0) is 37.7 Å². The fraction of sp³-hybridized carbons (Fsp3) is 0.652. The first kappa shape index (κ1) is 22.4. The molecule has 1 saturated carbocycles. The zero-order valence-corrected chi connectivity index (χ0v) is 17.3. The van der Waals surface area contributed by atoms with Gasteiger partial charge in [0, 0.05) is 13.7 Å². The van der Waals surface area contributed by atoms with Crippen molar-refractivity contribution in [3.8, 4) is 0 Å². The number of ether oxygens (including phenoxy) is 3. The minimum absolute atomic E-state index is 0.183. The van der Waals surface area contributed by atoms with Gasteiger partial charge in [-0.15, -0.1) is 0 Å². The minimum Gasteiger partial charge on any atom is -0.465 e. The normalized spacial score (nSPS) is 16.5. The molecule has 0 aliphatic heterocycles. The van der Waals surface area contributed by atoms with E-state index in [1.807, 2.05) is 30.3 Å². The molecule has 1 aromatic rings. The predicted molar refractivity (Wildman–Crippen MR) is 108 cm³/mol. The number of hydrogen-bond acceptors (Lipinski definition) is 5. The Morgan fingerprint density at radius 3 is 2.43 bits per heavy atom. The van der Waals surface area contributed by atoms with E-state index >= 15 is 0 Å². The van der Waals surface area contributed by atoms with E-state index < -0.39 is 5.41 Å². The fourth-order valence-electron chi connectivity index (χ4n) is 3.89. The van der Waals surface area contributed by atoms with E-state index in [4.69, 9.17) is 14.2 Å². The van der Waals surface area contributed by atoms with Crippen LogP contribution in [0.25, 0.3) is 0 Å². The van der Waals surface area contributed by atoms with Crippen LogP contribution in [0, 0.1) is 11.3 Å². The first-order valence-corrected chi connectivity index (χ1v) is 10.5. The summed E-state index contributed by atoms with van der Waals surface area (Å²) in [6, 6.07) is 9.69. The maximum absolute atomic E-state index is 13.0. The van der Waals surface area contributed by atoms with E-state index in [-0.39, 0.29) is 24.5 Å². The highest BCUT2D eigenvalue weighted by atomic mass is 16.5. The molecule has 0 bridgehead atoms. The lowest BCUT2D eigenvalue weighted by molar-refractivity contribution is -0.161. The van der Waals surface area contributed by atoms with Crippen LogP contribution in [0.1, 0.15) is 63.9 Å². The van der Waals surface area contributed by atoms with E-state index in [2.05, 4.69) is 6.92 Å². The average molecular weight is 391 g/mol. The number of benzene rings is 1. The number of esters is 2. The quantitative estimate of drug-likeness (QED) is 0.383. The van der Waals surface area contributed by atoms with Gasteiger partial charge in [0.15, 0.2) is 0 Å². The first-order valence-electron chi connectivity index (χ1n) is 10.5. The molecule has 28 heavy (non-hydrogen) atoms. The Labute approximate surface area is 168 Å². The van der Waals surface area contributed by atoms with Gasteiger partial charge in [-0.1, -0.05) is 56.5 Å². The summed E-state index contributed by atoms with van der Waals surface area (Å²) in [4.78, 5) is 25.7. The van der Waals surface area contributed by atoms with Crippen LogP contribution in [-0.4, -0.2) is 32.3 Å². The second-order valence-electron chi connectivity index (χ2n) is 7.75. The molecule has 0 amide bonds. The van der Waals surface area contributed by atoms with Crippen LogP contribution in [-0.2, 0) is 30.4 Å². The van der Waals surface area contributed by atoms with E-state index in [1.54, 1.807) is 7.11 Å². The third-order valence-corrected chi connectivity index (χ3v) is 5.59. The summed E-state index contributed by atoms with van der Waals surface area (Å²) >= 11 is 0. The van der Waals surface area contributed by atoms with Crippen molar-refractivity contribution in [1.82, 2.24) is 0 Å². The van der Waals surface area contributed by atoms with Gasteiger partial charge in [0.25, 0.3) is 0 Å². The summed E-state index contributed by atoms with van der Waals surface area (Å²) in [5, 5.41) is 0. The zero-order chi connectivity index (χ0) is 20.2. The van der Waals surface area contributed by atoms with Crippen molar-refractivity contribution in [3.05, 3.63) is 35.9 Å². The largest absolute Gasteiger partial charge is 0.465 e. The Morgan fingerprint density at radius 2 is 1.79 bits per heavy atom. The Bertz CT molecular complexity index is 592. The second-order valence-corrected chi connectivity index (χ2v) is 7.75. The Balaban J connectivity index is 2.03. The van der Waals surface area contributed by atoms with Crippen molar-refractivity contribution >= 4 is 11.9 Å². The van der Waals surface area contributed by atoms with Crippen LogP contribution in [0.5, 0.6) is 0 Å². The molecule has 0 heterocycles. The van der Waals surface area contributed by atoms with Crippen molar-refractivity contribution in [1.29, 1.82) is 0 Å². The highest BCUT2D eigenvalue weighted by molar-refractivity contribution is 5.79. The van der Waals surface area contributed by atoms with Crippen molar-refractivity contribution in [2.45, 2.75) is 64.9 Å². The lowest BCUT2D eigenvalue weighted by Crippen LogP contribution is -2.35. The van der Waals surface area contributed by atoms with E-state index in [0.717, 1.165) is 44.1 Å². The molecule has 1 fully saturated rings. The third-order valence-electron chi connectivity index (χ3n) is 5.59. The standard InChI is InChI=1S/C23H34O5/c1-3-4-15-27-21(24)20(12-16-26-2)17-23(13-8-9-14-23)22(25)28-18-19-10-6-5-7-11-19/h5-7,10-11,20H,3-4,8-9,12-18H2,1-2H3/t20-/m1/s1. The molecule has 0 spiro atoms. The van der Waals surface area contributed by atoms with Crippen molar-refractivity contribution in [3.63, 3.8) is 0 Å². The molecular formula is C23H34O5. The molecular weight excluding hydrogens is 356 g/mol. The highest BCUT2D eigenvalue weighted by Crippen LogP contribution is 2.45. The summed E-state index contributed by atoms with van der Waals surface area (Å²) in [6.45, 7) is 3.24.